The van der Waals surface area contributed by atoms with Crippen LogP contribution in [0.1, 0.15) is 129 Å². The van der Waals surface area contributed by atoms with Gasteiger partial charge in [0.2, 0.25) is 53.2 Å². The summed E-state index contributed by atoms with van der Waals surface area (Å²) in [5, 5.41) is 78.3. The number of nitrogens with two attached hydrogens (primary N) is 1. The Morgan fingerprint density at radius 1 is 0.554 bits per heavy atom. The molecule has 1 aliphatic rings. The molecule has 0 radical (unpaired) electrons. The van der Waals surface area contributed by atoms with Crippen LogP contribution in [-0.2, 0) is 59.2 Å². The van der Waals surface area contributed by atoms with Crippen molar-refractivity contribution in [3.8, 4) is 5.75 Å². The number of rotatable bonds is 24. The van der Waals surface area contributed by atoms with E-state index >= 15 is 0 Å². The van der Waals surface area contributed by atoms with Crippen LogP contribution < -0.4 is 48.3 Å². The fraction of sp³-hybridized carbons (Fsp3) is 0.646. The number of unbranched alkanes of at least 4 members (excludes halogenated alkanes) is 10. The Bertz CT molecular complexity index is 2060. The van der Waals surface area contributed by atoms with Gasteiger partial charge in [-0.25, -0.2) is 0 Å². The SMILES string of the molecule is CCCCCCCCCCCCCC1CC(=O)NC(CC(=O)O)C(=O)NC(Cc2ccc(O)cc2)C(=O)NC(CC(N)=O)C(=O)NC(CO)C(=O)NC(CCC(=O)O)C(=O)NC(CO)C(=O)NC(C(C)O)C(=O)N1. The molecule has 414 valence electrons. The lowest BCUT2D eigenvalue weighted by molar-refractivity contribution is -0.141. The maximum atomic E-state index is 14.1. The fourth-order valence-electron chi connectivity index (χ4n) is 7.87. The van der Waals surface area contributed by atoms with Crippen molar-refractivity contribution >= 4 is 65.1 Å². The number of phenolic OH excluding ortho intramolecular Hbond substituents is 1. The van der Waals surface area contributed by atoms with Gasteiger partial charge >= 0.3 is 11.9 Å². The van der Waals surface area contributed by atoms with E-state index < -0.39 is 171 Å². The van der Waals surface area contributed by atoms with Crippen molar-refractivity contribution in [3.63, 3.8) is 0 Å². The van der Waals surface area contributed by atoms with Gasteiger partial charge in [-0.15, -0.1) is 0 Å². The van der Waals surface area contributed by atoms with E-state index in [-0.39, 0.29) is 12.2 Å². The fourth-order valence-corrected chi connectivity index (χ4v) is 7.87. The molecule has 1 fully saturated rings. The number of aromatic hydroxyl groups is 1. The number of primary amides is 1. The Balaban J connectivity index is 2.67. The highest BCUT2D eigenvalue weighted by molar-refractivity contribution is 5.99. The lowest BCUT2D eigenvalue weighted by atomic mass is 10.0. The van der Waals surface area contributed by atoms with Crippen molar-refractivity contribution in [2.45, 2.75) is 184 Å². The molecule has 0 aliphatic carbocycles. The molecule has 1 aromatic carbocycles. The van der Waals surface area contributed by atoms with Gasteiger partial charge in [0.15, 0.2) is 0 Å². The Morgan fingerprint density at radius 2 is 1.00 bits per heavy atom. The number of carbonyl (C=O) groups is 11. The number of benzene rings is 1. The zero-order chi connectivity index (χ0) is 55.3. The zero-order valence-electron chi connectivity index (χ0n) is 41.9. The second-order valence-corrected chi connectivity index (χ2v) is 18.3. The second-order valence-electron chi connectivity index (χ2n) is 18.3. The molecule has 2 rings (SSSR count). The molecule has 0 saturated carbocycles. The van der Waals surface area contributed by atoms with Crippen LogP contribution in [0.4, 0.5) is 0 Å². The number of hydrogen-bond donors (Lipinski definition) is 15. The Labute approximate surface area is 428 Å². The number of carboxylic acids is 2. The molecule has 1 saturated heterocycles. The molecule has 26 nitrogen and oxygen atoms in total. The van der Waals surface area contributed by atoms with Crippen LogP contribution in [0, 0.1) is 0 Å². The van der Waals surface area contributed by atoms with Crippen molar-refractivity contribution in [2.24, 2.45) is 5.73 Å². The summed E-state index contributed by atoms with van der Waals surface area (Å²) in [6.07, 6.45) is 4.83. The van der Waals surface area contributed by atoms with E-state index in [1.807, 2.05) is 0 Å². The molecule has 9 unspecified atom stereocenters. The summed E-state index contributed by atoms with van der Waals surface area (Å²) in [5.74, 6) is -13.9. The van der Waals surface area contributed by atoms with Crippen molar-refractivity contribution in [1.29, 1.82) is 0 Å². The number of aliphatic hydroxyl groups excluding tert-OH is 3. The van der Waals surface area contributed by atoms with Gasteiger partial charge in [-0.3, -0.25) is 52.7 Å². The minimum absolute atomic E-state index is 0.136. The molecule has 16 N–H and O–H groups in total. The summed E-state index contributed by atoms with van der Waals surface area (Å²) >= 11 is 0. The van der Waals surface area contributed by atoms with Crippen molar-refractivity contribution < 1.29 is 83.4 Å². The van der Waals surface area contributed by atoms with Crippen LogP contribution in [-0.4, -0.2) is 163 Å². The lowest BCUT2D eigenvalue weighted by Crippen LogP contribution is -2.62. The van der Waals surface area contributed by atoms with E-state index in [1.54, 1.807) is 0 Å². The normalized spacial score (nSPS) is 23.7. The first-order chi connectivity index (χ1) is 35.1. The lowest BCUT2D eigenvalue weighted by Gasteiger charge is -2.28. The minimum Gasteiger partial charge on any atom is -0.508 e. The van der Waals surface area contributed by atoms with Gasteiger partial charge in [-0.1, -0.05) is 89.7 Å². The number of aliphatic carboxylic acids is 2. The standard InChI is InChI=1S/C48H75N9O17/c1-3-4-5-6-7-8-9-10-11-12-13-14-29-22-38(63)51-34(24-40(66)67)45(71)53-32(21-28-15-17-30(61)18-16-28)43(69)54-33(23-37(49)62)44(70)56-35(25-58)46(72)52-31(19-20-39(64)65)42(68)55-36(26-59)47(73)57-41(27(2)60)48(74)50-29/h15-18,27,29,31-36,41,58-61H,3-14,19-26H2,1-2H3,(H2,49,62)(H,50,74)(H,51,63)(H,52,72)(H,53,71)(H,54,69)(H,55,68)(H,56,70)(H,57,73)(H,64,65)(H,66,67). The third-order valence-electron chi connectivity index (χ3n) is 12.0. The van der Waals surface area contributed by atoms with Crippen LogP contribution in [0.3, 0.4) is 0 Å². The third kappa shape index (κ3) is 24.2. The molecular formula is C48H75N9O17. The number of phenols is 1. The molecule has 74 heavy (non-hydrogen) atoms. The monoisotopic (exact) mass is 1050 g/mol. The molecule has 1 aliphatic heterocycles. The maximum absolute atomic E-state index is 14.1. The van der Waals surface area contributed by atoms with Gasteiger partial charge in [-0.2, -0.15) is 0 Å². The van der Waals surface area contributed by atoms with E-state index in [2.05, 4.69) is 49.5 Å². The summed E-state index contributed by atoms with van der Waals surface area (Å²) < 4.78 is 0. The highest BCUT2D eigenvalue weighted by Gasteiger charge is 2.36. The van der Waals surface area contributed by atoms with Gasteiger partial charge < -0.3 is 78.9 Å². The summed E-state index contributed by atoms with van der Waals surface area (Å²) in [7, 11) is 0. The highest BCUT2D eigenvalue weighted by Crippen LogP contribution is 2.16. The van der Waals surface area contributed by atoms with Crippen molar-refractivity contribution in [3.05, 3.63) is 29.8 Å². The minimum atomic E-state index is -1.99. The van der Waals surface area contributed by atoms with Gasteiger partial charge in [0.25, 0.3) is 0 Å². The van der Waals surface area contributed by atoms with Gasteiger partial charge in [0.05, 0.1) is 32.2 Å². The first-order valence-electron chi connectivity index (χ1n) is 24.9. The van der Waals surface area contributed by atoms with Crippen LogP contribution in [0.2, 0.25) is 0 Å². The number of hydrogen-bond acceptors (Lipinski definition) is 15. The second kappa shape index (κ2) is 33.7. The summed E-state index contributed by atoms with van der Waals surface area (Å²) in [4.78, 5) is 146. The van der Waals surface area contributed by atoms with Crippen LogP contribution in [0.5, 0.6) is 5.75 Å². The van der Waals surface area contributed by atoms with Gasteiger partial charge in [0.1, 0.15) is 48.0 Å². The first kappa shape index (κ1) is 63.2. The molecule has 1 heterocycles. The van der Waals surface area contributed by atoms with Crippen molar-refractivity contribution in [1.82, 2.24) is 42.5 Å². The Hall–Kier alpha value is -6.93. The number of carbonyl (C=O) groups excluding carboxylic acids is 9. The number of amides is 9. The maximum Gasteiger partial charge on any atom is 0.305 e. The van der Waals surface area contributed by atoms with Crippen LogP contribution in [0.25, 0.3) is 0 Å². The largest absolute Gasteiger partial charge is 0.508 e. The highest BCUT2D eigenvalue weighted by atomic mass is 16.4. The predicted molar refractivity (Wildman–Crippen MR) is 262 cm³/mol. The van der Waals surface area contributed by atoms with Gasteiger partial charge in [-0.05, 0) is 37.5 Å². The zero-order valence-corrected chi connectivity index (χ0v) is 41.9. The van der Waals surface area contributed by atoms with E-state index in [0.29, 0.717) is 18.4 Å². The number of nitrogens with one attached hydrogen (secondary N) is 8. The van der Waals surface area contributed by atoms with Crippen LogP contribution >= 0.6 is 0 Å². The topological polar surface area (TPSA) is 431 Å². The molecule has 9 amide bonds. The molecule has 9 atom stereocenters. The molecule has 1 aromatic rings. The molecule has 26 heteroatoms. The molecule has 0 bridgehead atoms. The van der Waals surface area contributed by atoms with Gasteiger partial charge in [0, 0.05) is 25.3 Å². The quantitative estimate of drug-likeness (QED) is 0.0476. The average Bonchev–Trinajstić information content (AvgIpc) is 3.33. The molecular weight excluding hydrogens is 975 g/mol. The Morgan fingerprint density at radius 3 is 1.50 bits per heavy atom. The van der Waals surface area contributed by atoms with E-state index in [9.17, 15) is 83.4 Å². The van der Waals surface area contributed by atoms with E-state index in [1.165, 1.54) is 37.1 Å². The average molecular weight is 1050 g/mol. The van der Waals surface area contributed by atoms with E-state index in [0.717, 1.165) is 51.9 Å². The number of aliphatic hydroxyl groups is 3. The molecule has 0 spiro atoms. The Kier molecular flexibility index (Phi) is 28.8. The van der Waals surface area contributed by atoms with E-state index in [4.69, 9.17) is 5.73 Å². The smallest absolute Gasteiger partial charge is 0.305 e. The number of carboxylic acid groups (broad SMARTS) is 2. The molecule has 0 aromatic heterocycles. The van der Waals surface area contributed by atoms with Crippen molar-refractivity contribution in [2.75, 3.05) is 13.2 Å². The summed E-state index contributed by atoms with van der Waals surface area (Å²) in [6.45, 7) is 0.929. The predicted octanol–water partition coefficient (Wildman–Crippen LogP) is -2.50. The third-order valence-corrected chi connectivity index (χ3v) is 12.0. The summed E-state index contributed by atoms with van der Waals surface area (Å²) in [5.41, 5.74) is 5.67. The van der Waals surface area contributed by atoms with Crippen LogP contribution in [0.15, 0.2) is 24.3 Å². The summed E-state index contributed by atoms with van der Waals surface area (Å²) in [6, 6.07) is -8.94. The first-order valence-corrected chi connectivity index (χ1v) is 24.9.